The summed E-state index contributed by atoms with van der Waals surface area (Å²) in [5.41, 5.74) is 0. The average Bonchev–Trinajstić information content (AvgIpc) is 2.34. The van der Waals surface area contributed by atoms with Crippen molar-refractivity contribution in [1.29, 1.82) is 0 Å². The number of benzene rings is 1. The standard InChI is InChI=1S/C15H24O/c1-3-5-10-14(11-6-4-2)16-15-12-8-7-9-13-15/h7-9,12-14H,3-6,10-11H2,1-2H3. The Labute approximate surface area is 99.8 Å². The van der Waals surface area contributed by atoms with E-state index >= 15 is 0 Å². The van der Waals surface area contributed by atoms with Crippen LogP contribution in [-0.4, -0.2) is 6.10 Å². The second-order valence-electron chi connectivity index (χ2n) is 4.34. The highest BCUT2D eigenvalue weighted by atomic mass is 16.5. The maximum absolute atomic E-state index is 6.02. The van der Waals surface area contributed by atoms with E-state index in [0.717, 1.165) is 5.75 Å². The summed E-state index contributed by atoms with van der Waals surface area (Å²) in [5, 5.41) is 0. The molecule has 1 heteroatoms. The van der Waals surface area contributed by atoms with Gasteiger partial charge in [-0.15, -0.1) is 0 Å². The Balaban J connectivity index is 2.42. The average molecular weight is 220 g/mol. The first-order chi connectivity index (χ1) is 7.86. The van der Waals surface area contributed by atoms with Crippen molar-refractivity contribution in [3.63, 3.8) is 0 Å². The normalized spacial score (nSPS) is 10.7. The summed E-state index contributed by atoms with van der Waals surface area (Å²) in [7, 11) is 0. The topological polar surface area (TPSA) is 9.23 Å². The summed E-state index contributed by atoms with van der Waals surface area (Å²) in [6.07, 6.45) is 7.81. The quantitative estimate of drug-likeness (QED) is 0.610. The van der Waals surface area contributed by atoms with E-state index in [1.54, 1.807) is 0 Å². The van der Waals surface area contributed by atoms with Gasteiger partial charge in [0.25, 0.3) is 0 Å². The maximum atomic E-state index is 6.02. The molecule has 0 atom stereocenters. The van der Waals surface area contributed by atoms with E-state index < -0.39 is 0 Å². The van der Waals surface area contributed by atoms with Gasteiger partial charge in [0.15, 0.2) is 0 Å². The van der Waals surface area contributed by atoms with Crippen LogP contribution in [0.25, 0.3) is 0 Å². The lowest BCUT2D eigenvalue weighted by molar-refractivity contribution is 0.174. The third kappa shape index (κ3) is 5.20. The summed E-state index contributed by atoms with van der Waals surface area (Å²) < 4.78 is 6.02. The minimum atomic E-state index is 0.405. The van der Waals surface area contributed by atoms with Crippen LogP contribution < -0.4 is 4.74 Å². The molecule has 0 heterocycles. The van der Waals surface area contributed by atoms with Gasteiger partial charge in [0.1, 0.15) is 5.75 Å². The molecule has 0 unspecified atom stereocenters. The largest absolute Gasteiger partial charge is 0.490 e. The molecule has 90 valence electrons. The van der Waals surface area contributed by atoms with Gasteiger partial charge < -0.3 is 4.74 Å². The van der Waals surface area contributed by atoms with Gasteiger partial charge in [0.2, 0.25) is 0 Å². The van der Waals surface area contributed by atoms with Crippen molar-refractivity contribution < 1.29 is 4.74 Å². The fraction of sp³-hybridized carbons (Fsp3) is 0.600. The molecule has 0 fully saturated rings. The predicted octanol–water partition coefficient (Wildman–Crippen LogP) is 4.81. The lowest BCUT2D eigenvalue weighted by Crippen LogP contribution is -2.16. The first-order valence-electron chi connectivity index (χ1n) is 6.58. The number of rotatable bonds is 8. The van der Waals surface area contributed by atoms with Gasteiger partial charge in [-0.25, -0.2) is 0 Å². The van der Waals surface area contributed by atoms with E-state index in [4.69, 9.17) is 4.74 Å². The lowest BCUT2D eigenvalue weighted by Gasteiger charge is -2.18. The molecule has 0 aliphatic heterocycles. The number of para-hydroxylation sites is 1. The van der Waals surface area contributed by atoms with Crippen molar-refractivity contribution in [3.8, 4) is 5.75 Å². The molecule has 0 spiro atoms. The highest BCUT2D eigenvalue weighted by Gasteiger charge is 2.09. The molecule has 1 rings (SSSR count). The molecule has 0 saturated carbocycles. The van der Waals surface area contributed by atoms with Gasteiger partial charge in [-0.2, -0.15) is 0 Å². The Morgan fingerprint density at radius 2 is 1.50 bits per heavy atom. The van der Waals surface area contributed by atoms with Crippen LogP contribution >= 0.6 is 0 Å². The molecular weight excluding hydrogens is 196 g/mol. The second kappa shape index (κ2) is 8.20. The van der Waals surface area contributed by atoms with Gasteiger partial charge in [-0.05, 0) is 25.0 Å². The monoisotopic (exact) mass is 220 g/mol. The lowest BCUT2D eigenvalue weighted by atomic mass is 10.1. The molecule has 0 aromatic heterocycles. The van der Waals surface area contributed by atoms with Crippen LogP contribution in [0.15, 0.2) is 30.3 Å². The smallest absolute Gasteiger partial charge is 0.119 e. The molecule has 0 radical (unpaired) electrons. The molecule has 0 aliphatic carbocycles. The van der Waals surface area contributed by atoms with Crippen molar-refractivity contribution in [2.45, 2.75) is 58.5 Å². The fourth-order valence-electron chi connectivity index (χ4n) is 1.82. The van der Waals surface area contributed by atoms with Gasteiger partial charge in [-0.3, -0.25) is 0 Å². The number of unbranched alkanes of at least 4 members (excludes halogenated alkanes) is 2. The number of ether oxygens (including phenoxy) is 1. The Morgan fingerprint density at radius 3 is 2.00 bits per heavy atom. The molecular formula is C15H24O. The van der Waals surface area contributed by atoms with Crippen LogP contribution in [0.1, 0.15) is 52.4 Å². The Kier molecular flexibility index (Phi) is 6.71. The second-order valence-corrected chi connectivity index (χ2v) is 4.34. The van der Waals surface area contributed by atoms with Crippen molar-refractivity contribution in [2.75, 3.05) is 0 Å². The minimum Gasteiger partial charge on any atom is -0.490 e. The summed E-state index contributed by atoms with van der Waals surface area (Å²) in [6, 6.07) is 10.2. The van der Waals surface area contributed by atoms with Gasteiger partial charge in [-0.1, -0.05) is 57.7 Å². The zero-order valence-electron chi connectivity index (χ0n) is 10.6. The Bertz CT molecular complexity index is 247. The Morgan fingerprint density at radius 1 is 0.938 bits per heavy atom. The summed E-state index contributed by atoms with van der Waals surface area (Å²) in [6.45, 7) is 4.47. The van der Waals surface area contributed by atoms with Gasteiger partial charge in [0.05, 0.1) is 6.10 Å². The van der Waals surface area contributed by atoms with Crippen molar-refractivity contribution in [1.82, 2.24) is 0 Å². The van der Waals surface area contributed by atoms with Crippen molar-refractivity contribution >= 4 is 0 Å². The molecule has 16 heavy (non-hydrogen) atoms. The van der Waals surface area contributed by atoms with Gasteiger partial charge >= 0.3 is 0 Å². The Hall–Kier alpha value is -0.980. The van der Waals surface area contributed by atoms with Crippen molar-refractivity contribution in [3.05, 3.63) is 30.3 Å². The van der Waals surface area contributed by atoms with Crippen LogP contribution in [0.2, 0.25) is 0 Å². The summed E-state index contributed by atoms with van der Waals surface area (Å²) in [4.78, 5) is 0. The molecule has 0 bridgehead atoms. The number of hydrogen-bond acceptors (Lipinski definition) is 1. The molecule has 1 aromatic carbocycles. The van der Waals surface area contributed by atoms with Crippen LogP contribution in [0, 0.1) is 0 Å². The molecule has 0 N–H and O–H groups in total. The van der Waals surface area contributed by atoms with Crippen molar-refractivity contribution in [2.24, 2.45) is 0 Å². The van der Waals surface area contributed by atoms with E-state index in [1.807, 2.05) is 30.3 Å². The third-order valence-electron chi connectivity index (χ3n) is 2.81. The zero-order valence-corrected chi connectivity index (χ0v) is 10.6. The van der Waals surface area contributed by atoms with Crippen LogP contribution in [0.5, 0.6) is 5.75 Å². The minimum absolute atomic E-state index is 0.405. The molecule has 1 nitrogen and oxygen atoms in total. The first kappa shape index (κ1) is 13.1. The van der Waals surface area contributed by atoms with Crippen LogP contribution in [0.3, 0.4) is 0 Å². The van der Waals surface area contributed by atoms with E-state index in [9.17, 15) is 0 Å². The maximum Gasteiger partial charge on any atom is 0.119 e. The van der Waals surface area contributed by atoms with E-state index in [-0.39, 0.29) is 0 Å². The fourth-order valence-corrected chi connectivity index (χ4v) is 1.82. The van der Waals surface area contributed by atoms with Gasteiger partial charge in [0, 0.05) is 0 Å². The van der Waals surface area contributed by atoms with E-state index in [2.05, 4.69) is 13.8 Å². The summed E-state index contributed by atoms with van der Waals surface area (Å²) in [5.74, 6) is 1.01. The van der Waals surface area contributed by atoms with E-state index in [0.29, 0.717) is 6.10 Å². The van der Waals surface area contributed by atoms with Crippen LogP contribution in [-0.2, 0) is 0 Å². The third-order valence-corrected chi connectivity index (χ3v) is 2.81. The van der Waals surface area contributed by atoms with E-state index in [1.165, 1.54) is 38.5 Å². The zero-order chi connectivity index (χ0) is 11.6. The highest BCUT2D eigenvalue weighted by molar-refractivity contribution is 5.21. The molecule has 0 amide bonds. The van der Waals surface area contributed by atoms with Crippen LogP contribution in [0.4, 0.5) is 0 Å². The number of hydrogen-bond donors (Lipinski definition) is 0. The summed E-state index contributed by atoms with van der Waals surface area (Å²) >= 11 is 0. The highest BCUT2D eigenvalue weighted by Crippen LogP contribution is 2.17. The predicted molar refractivity (Wildman–Crippen MR) is 69.9 cm³/mol. The molecule has 1 aromatic rings. The SMILES string of the molecule is CCCCC(CCCC)Oc1ccccc1. The molecule has 0 aliphatic rings. The first-order valence-corrected chi connectivity index (χ1v) is 6.58. The molecule has 0 saturated heterocycles.